The minimum absolute atomic E-state index is 0. The molecule has 0 bridgehead atoms. The molecule has 3 rings (SSSR count). The third-order valence-electron chi connectivity index (χ3n) is 6.22. The van der Waals surface area contributed by atoms with Crippen molar-refractivity contribution in [3.8, 4) is 0 Å². The maximum absolute atomic E-state index is 7.19. The molecule has 0 saturated carbocycles. The van der Waals surface area contributed by atoms with Crippen molar-refractivity contribution in [3.63, 3.8) is 0 Å². The summed E-state index contributed by atoms with van der Waals surface area (Å²) >= 11 is 7.19. The largest absolute Gasteiger partial charge is 1.00 e. The summed E-state index contributed by atoms with van der Waals surface area (Å²) in [6.07, 6.45) is 0. The van der Waals surface area contributed by atoms with Gasteiger partial charge in [0.2, 0.25) is 0 Å². The number of rotatable bonds is 6. The molecule has 31 heavy (non-hydrogen) atoms. The van der Waals surface area contributed by atoms with Crippen LogP contribution in [0.25, 0.3) is 0 Å². The van der Waals surface area contributed by atoms with Crippen molar-refractivity contribution in [2.45, 2.75) is 79.1 Å². The molecular weight excluding hydrogens is 423 g/mol. The van der Waals surface area contributed by atoms with E-state index in [1.54, 1.807) is 0 Å². The number of benzene rings is 2. The summed E-state index contributed by atoms with van der Waals surface area (Å²) in [5, 5.41) is 0.833. The molecule has 2 nitrogen and oxygen atoms in total. The highest BCUT2D eigenvalue weighted by Crippen LogP contribution is 2.40. The Labute approximate surface area is 200 Å². The Kier molecular flexibility index (Phi) is 8.64. The number of hydrogen-bond donors (Lipinski definition) is 0. The van der Waals surface area contributed by atoms with E-state index in [1.165, 1.54) is 33.6 Å². The molecule has 2 aromatic rings. The Hall–Kier alpha value is -1.51. The molecule has 1 aliphatic rings. The minimum atomic E-state index is 0. The first-order valence-corrected chi connectivity index (χ1v) is 11.9. The molecule has 0 aliphatic carbocycles. The quantitative estimate of drug-likeness (QED) is 0.436. The van der Waals surface area contributed by atoms with Crippen LogP contribution in [0.3, 0.4) is 0 Å². The van der Waals surface area contributed by atoms with Crippen LogP contribution in [0.5, 0.6) is 0 Å². The first-order valence-electron chi connectivity index (χ1n) is 11.5. The Morgan fingerprint density at radius 1 is 0.710 bits per heavy atom. The predicted molar refractivity (Wildman–Crippen MR) is 132 cm³/mol. The zero-order valence-corrected chi connectivity index (χ0v) is 21.8. The van der Waals surface area contributed by atoms with Crippen LogP contribution in [0.2, 0.25) is 0 Å². The number of para-hydroxylation sites is 2. The van der Waals surface area contributed by atoms with E-state index >= 15 is 0 Å². The van der Waals surface area contributed by atoms with Gasteiger partial charge < -0.3 is 12.4 Å². The zero-order valence-electron chi connectivity index (χ0n) is 20.3. The summed E-state index contributed by atoms with van der Waals surface area (Å²) < 4.78 is 2.35. The average Bonchev–Trinajstić information content (AvgIpc) is 3.07. The molecule has 0 fully saturated rings. The van der Waals surface area contributed by atoms with Crippen LogP contribution in [0, 0.1) is 0 Å². The Morgan fingerprint density at radius 2 is 1.10 bits per heavy atom. The fourth-order valence-corrected chi connectivity index (χ4v) is 4.92. The lowest BCUT2D eigenvalue weighted by Gasteiger charge is -2.22. The van der Waals surface area contributed by atoms with Crippen LogP contribution in [0.15, 0.2) is 36.4 Å². The summed E-state index contributed by atoms with van der Waals surface area (Å²) in [6, 6.07) is 13.4. The smallest absolute Gasteiger partial charge is 0.355 e. The van der Waals surface area contributed by atoms with Gasteiger partial charge in [-0.2, -0.15) is 0 Å². The van der Waals surface area contributed by atoms with Gasteiger partial charge >= 0.3 is 5.29 Å². The van der Waals surface area contributed by atoms with Crippen LogP contribution < -0.4 is 17.3 Å². The third-order valence-corrected chi connectivity index (χ3v) is 6.63. The highest BCUT2D eigenvalue weighted by molar-refractivity contribution is 6.66. The monoisotopic (exact) mass is 460 g/mol. The van der Waals surface area contributed by atoms with Gasteiger partial charge in [-0.15, -0.1) is 0 Å². The molecule has 0 amide bonds. The molecule has 0 N–H and O–H groups in total. The van der Waals surface area contributed by atoms with Crippen molar-refractivity contribution >= 4 is 28.3 Å². The van der Waals surface area contributed by atoms with Crippen molar-refractivity contribution in [3.05, 3.63) is 58.7 Å². The lowest BCUT2D eigenvalue weighted by Crippen LogP contribution is -3.00. The third kappa shape index (κ3) is 4.96. The Morgan fingerprint density at radius 3 is 1.48 bits per heavy atom. The molecular formula is C27H38Cl2N2. The first-order chi connectivity index (χ1) is 14.1. The molecule has 1 aliphatic heterocycles. The van der Waals surface area contributed by atoms with Gasteiger partial charge in [-0.05, 0) is 23.7 Å². The SMILES string of the molecule is CC(C)c1cccc(C(C)C)c1N1CC[N+](c2c(C(C)C)cccc2C(C)C)=C1Cl.[Cl-]. The van der Waals surface area contributed by atoms with E-state index in [2.05, 4.69) is 101 Å². The van der Waals surface area contributed by atoms with E-state index in [0.717, 1.165) is 18.4 Å². The van der Waals surface area contributed by atoms with E-state index in [4.69, 9.17) is 11.6 Å². The highest BCUT2D eigenvalue weighted by atomic mass is 35.5. The molecule has 0 radical (unpaired) electrons. The molecule has 2 aromatic carbocycles. The number of hydrogen-bond acceptors (Lipinski definition) is 1. The van der Waals surface area contributed by atoms with Crippen LogP contribution in [0.1, 0.15) is 101 Å². The summed E-state index contributed by atoms with van der Waals surface area (Å²) in [6.45, 7) is 20.0. The average molecular weight is 462 g/mol. The Bertz CT molecular complexity index is 890. The summed E-state index contributed by atoms with van der Waals surface area (Å²) in [4.78, 5) is 2.35. The maximum Gasteiger partial charge on any atom is 0.355 e. The van der Waals surface area contributed by atoms with Crippen molar-refractivity contribution in [2.24, 2.45) is 0 Å². The lowest BCUT2D eigenvalue weighted by atomic mass is 9.92. The molecule has 1 heterocycles. The number of anilines is 1. The molecule has 170 valence electrons. The second kappa shape index (κ2) is 10.4. The van der Waals surface area contributed by atoms with Crippen molar-refractivity contribution < 1.29 is 17.0 Å². The second-order valence-corrected chi connectivity index (χ2v) is 10.1. The van der Waals surface area contributed by atoms with Crippen molar-refractivity contribution in [1.29, 1.82) is 0 Å². The zero-order chi connectivity index (χ0) is 22.2. The van der Waals surface area contributed by atoms with Gasteiger partial charge in [-0.1, -0.05) is 91.8 Å². The van der Waals surface area contributed by atoms with Crippen molar-refractivity contribution in [1.82, 2.24) is 0 Å². The standard InChI is InChI=1S/C27H38ClN2.ClH/c1-17(2)21-11-9-12-22(18(3)4)25(21)29-15-16-30(27(29)28)26-23(19(5)6)13-10-14-24(26)20(7)8;/h9-14,17-20H,15-16H2,1-8H3;1H/q+1;/p-1. The van der Waals surface area contributed by atoms with Gasteiger partial charge in [0.25, 0.3) is 0 Å². The van der Waals surface area contributed by atoms with Gasteiger partial charge in [-0.3, -0.25) is 0 Å². The van der Waals surface area contributed by atoms with Gasteiger partial charge in [0, 0.05) is 33.9 Å². The topological polar surface area (TPSA) is 6.25 Å². The number of nitrogens with zero attached hydrogens (tertiary/aromatic N) is 2. The molecule has 0 atom stereocenters. The molecule has 4 heteroatoms. The van der Waals surface area contributed by atoms with Gasteiger partial charge in [0.1, 0.15) is 24.5 Å². The van der Waals surface area contributed by atoms with Crippen LogP contribution in [-0.2, 0) is 0 Å². The number of halogens is 2. The second-order valence-electron chi connectivity index (χ2n) is 9.76. The molecule has 0 aromatic heterocycles. The van der Waals surface area contributed by atoms with E-state index in [0.29, 0.717) is 23.7 Å². The molecule has 0 unspecified atom stereocenters. The normalized spacial score (nSPS) is 14.4. The van der Waals surface area contributed by atoms with Crippen LogP contribution in [0.4, 0.5) is 11.4 Å². The molecule has 0 spiro atoms. The minimum Gasteiger partial charge on any atom is -1.00 e. The van der Waals surface area contributed by atoms with Gasteiger partial charge in [0.15, 0.2) is 0 Å². The van der Waals surface area contributed by atoms with Gasteiger partial charge in [-0.25, -0.2) is 9.48 Å². The van der Waals surface area contributed by atoms with Crippen molar-refractivity contribution in [2.75, 3.05) is 18.0 Å². The van der Waals surface area contributed by atoms with E-state index in [-0.39, 0.29) is 12.4 Å². The van der Waals surface area contributed by atoms with E-state index in [9.17, 15) is 0 Å². The van der Waals surface area contributed by atoms with Gasteiger partial charge in [0.05, 0.1) is 0 Å². The summed E-state index contributed by atoms with van der Waals surface area (Å²) in [7, 11) is 0. The highest BCUT2D eigenvalue weighted by Gasteiger charge is 2.37. The predicted octanol–water partition coefficient (Wildman–Crippen LogP) is 4.94. The summed E-state index contributed by atoms with van der Waals surface area (Å²) in [5.74, 6) is 1.80. The Balaban J connectivity index is 0.00000341. The first kappa shape index (κ1) is 25.7. The fraction of sp³-hybridized carbons (Fsp3) is 0.519. The lowest BCUT2D eigenvalue weighted by molar-refractivity contribution is -0.427. The summed E-state index contributed by atoms with van der Waals surface area (Å²) in [5.41, 5.74) is 8.13. The van der Waals surface area contributed by atoms with E-state index in [1.807, 2.05) is 0 Å². The number of amidine groups is 1. The fourth-order valence-electron chi connectivity index (χ4n) is 4.59. The van der Waals surface area contributed by atoms with Crippen LogP contribution >= 0.6 is 11.6 Å². The van der Waals surface area contributed by atoms with Crippen LogP contribution in [-0.4, -0.2) is 23.0 Å². The molecule has 0 saturated heterocycles. The van der Waals surface area contributed by atoms with E-state index < -0.39 is 0 Å². The maximum atomic E-state index is 7.19.